The summed E-state index contributed by atoms with van der Waals surface area (Å²) < 4.78 is 2.66. The molecule has 66 valence electrons. The van der Waals surface area contributed by atoms with Gasteiger partial charge in [-0.2, -0.15) is 0 Å². The quantitative estimate of drug-likeness (QED) is 0.511. The average Bonchev–Trinajstić information content (AvgIpc) is 2.42. The van der Waals surface area contributed by atoms with E-state index in [1.54, 1.807) is 4.57 Å². The molecule has 1 aromatic carbocycles. The van der Waals surface area contributed by atoms with E-state index in [0.29, 0.717) is 4.80 Å². The molecule has 1 heterocycles. The molecule has 0 aliphatic rings. The summed E-state index contributed by atoms with van der Waals surface area (Å²) in [5, 5.41) is 14.8. The molecule has 4 heteroatoms. The first-order chi connectivity index (χ1) is 6.24. The summed E-state index contributed by atoms with van der Waals surface area (Å²) in [5.41, 5.74) is 2.09. The maximum Gasteiger partial charge on any atom is 0.188 e. The third-order valence-corrected chi connectivity index (χ3v) is 2.94. The van der Waals surface area contributed by atoms with E-state index in [9.17, 15) is 0 Å². The second-order valence-electron chi connectivity index (χ2n) is 2.83. The van der Waals surface area contributed by atoms with Gasteiger partial charge in [0.15, 0.2) is 4.80 Å². The van der Waals surface area contributed by atoms with Crippen molar-refractivity contribution in [3.8, 4) is 0 Å². The first kappa shape index (κ1) is 8.19. The first-order valence-corrected chi connectivity index (χ1v) is 4.71. The van der Waals surface area contributed by atoms with Crippen LogP contribution in [0.3, 0.4) is 0 Å². The van der Waals surface area contributed by atoms with Crippen LogP contribution in [0.15, 0.2) is 18.2 Å². The third-order valence-electron chi connectivity index (χ3n) is 2.00. The normalized spacial score (nSPS) is 10.5. The molecule has 0 aliphatic carbocycles. The summed E-state index contributed by atoms with van der Waals surface area (Å²) in [6.07, 6.45) is 1.19. The van der Waals surface area contributed by atoms with Gasteiger partial charge >= 0.3 is 0 Å². The molecule has 0 atom stereocenters. The van der Waals surface area contributed by atoms with Crippen molar-refractivity contribution in [3.05, 3.63) is 28.6 Å². The Bertz CT molecular complexity index is 521. The summed E-state index contributed by atoms with van der Waals surface area (Å²) in [6, 6.07) is 5.95. The molecular weight excluding hydrogens is 182 g/mol. The largest absolute Gasteiger partial charge is 0.291 e. The number of benzene rings is 1. The molecule has 0 spiro atoms. The number of thiazole rings is 1. The van der Waals surface area contributed by atoms with Gasteiger partial charge in [-0.1, -0.05) is 23.5 Å². The standard InChI is InChI=1S/C9H9N3S/c1-6-3-2-4-7-8(6)12(5-10)9(11)13-7/h2-5,10-11H,1H3. The zero-order valence-corrected chi connectivity index (χ0v) is 7.98. The predicted molar refractivity (Wildman–Crippen MR) is 54.6 cm³/mol. The average molecular weight is 191 g/mol. The number of nitrogens with one attached hydrogen (secondary N) is 2. The predicted octanol–water partition coefficient (Wildman–Crippen LogP) is 1.95. The fourth-order valence-electron chi connectivity index (χ4n) is 1.40. The SMILES string of the molecule is Cc1cccc2sc(=N)n(C=N)c12. The minimum Gasteiger partial charge on any atom is -0.291 e. The number of rotatable bonds is 1. The van der Waals surface area contributed by atoms with Crippen LogP contribution >= 0.6 is 11.3 Å². The summed E-state index contributed by atoms with van der Waals surface area (Å²) in [4.78, 5) is 0.402. The maximum atomic E-state index is 7.63. The second kappa shape index (κ2) is 2.81. The highest BCUT2D eigenvalue weighted by atomic mass is 32.1. The number of para-hydroxylation sites is 1. The van der Waals surface area contributed by atoms with Crippen molar-refractivity contribution in [3.63, 3.8) is 0 Å². The Morgan fingerprint density at radius 1 is 1.46 bits per heavy atom. The van der Waals surface area contributed by atoms with Crippen molar-refractivity contribution >= 4 is 27.9 Å². The molecule has 0 aliphatic heterocycles. The summed E-state index contributed by atoms with van der Waals surface area (Å²) >= 11 is 1.40. The highest BCUT2D eigenvalue weighted by Gasteiger charge is 2.04. The van der Waals surface area contributed by atoms with E-state index in [1.807, 2.05) is 25.1 Å². The van der Waals surface area contributed by atoms with Crippen LogP contribution in [0.5, 0.6) is 0 Å². The van der Waals surface area contributed by atoms with Crippen LogP contribution < -0.4 is 4.80 Å². The van der Waals surface area contributed by atoms with Crippen LogP contribution in [0, 0.1) is 17.7 Å². The highest BCUT2D eigenvalue weighted by Crippen LogP contribution is 2.19. The van der Waals surface area contributed by atoms with E-state index in [4.69, 9.17) is 10.8 Å². The fraction of sp³-hybridized carbons (Fsp3) is 0.111. The van der Waals surface area contributed by atoms with Crippen LogP contribution in [0.1, 0.15) is 5.56 Å². The number of hydrogen-bond donors (Lipinski definition) is 2. The lowest BCUT2D eigenvalue weighted by Crippen LogP contribution is -2.11. The minimum atomic E-state index is 0.402. The van der Waals surface area contributed by atoms with Crippen LogP contribution in [-0.2, 0) is 0 Å². The number of nitrogens with zero attached hydrogens (tertiary/aromatic N) is 1. The summed E-state index contributed by atoms with van der Waals surface area (Å²) in [5.74, 6) is 0. The van der Waals surface area contributed by atoms with Gasteiger partial charge in [0.1, 0.15) is 0 Å². The third kappa shape index (κ3) is 1.10. The zero-order chi connectivity index (χ0) is 9.42. The van der Waals surface area contributed by atoms with E-state index in [-0.39, 0.29) is 0 Å². The molecule has 2 aromatic rings. The molecule has 1 aromatic heterocycles. The number of hydrogen-bond acceptors (Lipinski definition) is 3. The lowest BCUT2D eigenvalue weighted by Gasteiger charge is -1.98. The monoisotopic (exact) mass is 191 g/mol. The molecule has 0 bridgehead atoms. The summed E-state index contributed by atoms with van der Waals surface area (Å²) in [6.45, 7) is 1.99. The van der Waals surface area contributed by atoms with Crippen LogP contribution in [-0.4, -0.2) is 10.9 Å². The fourth-order valence-corrected chi connectivity index (χ4v) is 2.35. The van der Waals surface area contributed by atoms with E-state index in [2.05, 4.69) is 0 Å². The highest BCUT2D eigenvalue weighted by molar-refractivity contribution is 7.16. The van der Waals surface area contributed by atoms with Crippen molar-refractivity contribution in [2.45, 2.75) is 6.92 Å². The first-order valence-electron chi connectivity index (χ1n) is 3.90. The summed E-state index contributed by atoms with van der Waals surface area (Å²) in [7, 11) is 0. The molecule has 3 nitrogen and oxygen atoms in total. The second-order valence-corrected chi connectivity index (χ2v) is 3.86. The van der Waals surface area contributed by atoms with E-state index < -0.39 is 0 Å². The maximum absolute atomic E-state index is 7.63. The van der Waals surface area contributed by atoms with E-state index in [1.165, 1.54) is 17.7 Å². The van der Waals surface area contributed by atoms with Crippen LogP contribution in [0.4, 0.5) is 0 Å². The Kier molecular flexibility index (Phi) is 1.77. The molecule has 0 saturated carbocycles. The van der Waals surface area contributed by atoms with Gasteiger partial charge in [0, 0.05) is 0 Å². The van der Waals surface area contributed by atoms with Gasteiger partial charge in [0.25, 0.3) is 0 Å². The Balaban J connectivity index is 3.05. The van der Waals surface area contributed by atoms with Gasteiger partial charge < -0.3 is 0 Å². The Labute approximate surface area is 79.3 Å². The van der Waals surface area contributed by atoms with Gasteiger partial charge in [-0.3, -0.25) is 15.4 Å². The lowest BCUT2D eigenvalue weighted by molar-refractivity contribution is 1.08. The number of aromatic nitrogens is 1. The molecule has 0 amide bonds. The van der Waals surface area contributed by atoms with E-state index in [0.717, 1.165) is 15.8 Å². The molecule has 13 heavy (non-hydrogen) atoms. The molecule has 0 saturated heterocycles. The van der Waals surface area contributed by atoms with Gasteiger partial charge in [-0.05, 0) is 18.6 Å². The smallest absolute Gasteiger partial charge is 0.188 e. The van der Waals surface area contributed by atoms with Gasteiger partial charge in [0.2, 0.25) is 0 Å². The zero-order valence-electron chi connectivity index (χ0n) is 7.16. The molecular formula is C9H9N3S. The van der Waals surface area contributed by atoms with Gasteiger partial charge in [0.05, 0.1) is 16.6 Å². The van der Waals surface area contributed by atoms with Crippen molar-refractivity contribution in [2.75, 3.05) is 0 Å². The minimum absolute atomic E-state index is 0.402. The number of aryl methyl sites for hydroxylation is 1. The molecule has 0 radical (unpaired) electrons. The Morgan fingerprint density at radius 3 is 2.92 bits per heavy atom. The lowest BCUT2D eigenvalue weighted by atomic mass is 10.2. The van der Waals surface area contributed by atoms with Gasteiger partial charge in [-0.15, -0.1) is 0 Å². The topological polar surface area (TPSA) is 52.6 Å². The van der Waals surface area contributed by atoms with Gasteiger partial charge in [-0.25, -0.2) is 0 Å². The van der Waals surface area contributed by atoms with E-state index >= 15 is 0 Å². The Morgan fingerprint density at radius 2 is 2.23 bits per heavy atom. The van der Waals surface area contributed by atoms with Crippen molar-refractivity contribution in [2.24, 2.45) is 0 Å². The molecule has 0 unspecified atom stereocenters. The van der Waals surface area contributed by atoms with Crippen molar-refractivity contribution < 1.29 is 0 Å². The van der Waals surface area contributed by atoms with Crippen LogP contribution in [0.2, 0.25) is 0 Å². The van der Waals surface area contributed by atoms with Crippen LogP contribution in [0.25, 0.3) is 10.2 Å². The molecule has 2 N–H and O–H groups in total. The number of fused-ring (bicyclic) bond motifs is 1. The van der Waals surface area contributed by atoms with Crippen molar-refractivity contribution in [1.82, 2.24) is 4.57 Å². The molecule has 0 fully saturated rings. The van der Waals surface area contributed by atoms with Crippen molar-refractivity contribution in [1.29, 1.82) is 10.8 Å². The molecule has 2 rings (SSSR count). The Hall–Kier alpha value is -1.42.